The summed E-state index contributed by atoms with van der Waals surface area (Å²) in [5.41, 5.74) is 5.44. The van der Waals surface area contributed by atoms with Gasteiger partial charge < -0.3 is 15.4 Å². The molecule has 1 fully saturated rings. The molecule has 0 spiro atoms. The van der Waals surface area contributed by atoms with E-state index < -0.39 is 0 Å². The molecule has 1 saturated heterocycles. The van der Waals surface area contributed by atoms with Crippen LogP contribution in [0.15, 0.2) is 48.5 Å². The van der Waals surface area contributed by atoms with Crippen molar-refractivity contribution >= 4 is 28.4 Å². The predicted octanol–water partition coefficient (Wildman–Crippen LogP) is 3.31. The van der Waals surface area contributed by atoms with Crippen LogP contribution in [0.2, 0.25) is 0 Å². The molecular formula is C27H30N4O3. The van der Waals surface area contributed by atoms with Crippen molar-refractivity contribution in [3.05, 3.63) is 70.9 Å². The summed E-state index contributed by atoms with van der Waals surface area (Å²) in [7, 11) is 0. The Morgan fingerprint density at radius 1 is 1.03 bits per heavy atom. The van der Waals surface area contributed by atoms with Gasteiger partial charge in [0.1, 0.15) is 0 Å². The van der Waals surface area contributed by atoms with Gasteiger partial charge in [0.25, 0.3) is 5.91 Å². The summed E-state index contributed by atoms with van der Waals surface area (Å²) in [6.07, 6.45) is 3.29. The molecule has 0 atom stereocenters. The Labute approximate surface area is 199 Å². The van der Waals surface area contributed by atoms with E-state index in [-0.39, 0.29) is 11.8 Å². The van der Waals surface area contributed by atoms with Gasteiger partial charge in [-0.2, -0.15) is 0 Å². The number of pyridine rings is 1. The number of carbonyl (C=O) groups is 2. The SMILES string of the molecule is O=C(CCN1CCOCC1)Nc1cccc(CNC(=O)c2c3c(nc4ccccc24)CCC3)c1. The van der Waals surface area contributed by atoms with Gasteiger partial charge in [-0.25, -0.2) is 0 Å². The number of hydrogen-bond acceptors (Lipinski definition) is 5. The Kier molecular flexibility index (Phi) is 6.83. The lowest BCUT2D eigenvalue weighted by molar-refractivity contribution is -0.116. The topological polar surface area (TPSA) is 83.6 Å². The van der Waals surface area contributed by atoms with Crippen molar-refractivity contribution in [3.8, 4) is 0 Å². The number of nitrogens with zero attached hydrogens (tertiary/aromatic N) is 2. The Morgan fingerprint density at radius 3 is 2.76 bits per heavy atom. The summed E-state index contributed by atoms with van der Waals surface area (Å²) in [6.45, 7) is 4.33. The fourth-order valence-corrected chi connectivity index (χ4v) is 4.81. The van der Waals surface area contributed by atoms with Crippen LogP contribution in [-0.2, 0) is 28.9 Å². The lowest BCUT2D eigenvalue weighted by Crippen LogP contribution is -2.38. The molecule has 1 aromatic heterocycles. The van der Waals surface area contributed by atoms with E-state index in [1.54, 1.807) is 0 Å². The summed E-state index contributed by atoms with van der Waals surface area (Å²) < 4.78 is 5.35. The van der Waals surface area contributed by atoms with Crippen molar-refractivity contribution in [2.45, 2.75) is 32.2 Å². The molecule has 0 saturated carbocycles. The zero-order valence-electron chi connectivity index (χ0n) is 19.3. The van der Waals surface area contributed by atoms with E-state index in [0.29, 0.717) is 13.0 Å². The number of fused-ring (bicyclic) bond motifs is 2. The minimum atomic E-state index is -0.0725. The molecule has 7 heteroatoms. The number of carbonyl (C=O) groups excluding carboxylic acids is 2. The van der Waals surface area contributed by atoms with Crippen molar-refractivity contribution in [2.24, 2.45) is 0 Å². The first-order chi connectivity index (χ1) is 16.7. The number of amides is 2. The van der Waals surface area contributed by atoms with Gasteiger partial charge in [-0.1, -0.05) is 30.3 Å². The van der Waals surface area contributed by atoms with E-state index in [2.05, 4.69) is 15.5 Å². The van der Waals surface area contributed by atoms with Gasteiger partial charge in [0.05, 0.1) is 24.3 Å². The number of morpholine rings is 1. The van der Waals surface area contributed by atoms with Gasteiger partial charge in [-0.05, 0) is 48.6 Å². The van der Waals surface area contributed by atoms with Crippen molar-refractivity contribution in [3.63, 3.8) is 0 Å². The smallest absolute Gasteiger partial charge is 0.252 e. The van der Waals surface area contributed by atoms with E-state index in [1.807, 2.05) is 48.5 Å². The molecule has 1 aliphatic heterocycles. The second-order valence-corrected chi connectivity index (χ2v) is 8.92. The standard InChI is InChI=1S/C27H30N4O3/c32-25(11-12-31-13-15-34-16-14-31)29-20-6-3-5-19(17-20)18-28-27(33)26-21-7-1-2-9-23(21)30-24-10-4-8-22(24)26/h1-3,5-7,9,17H,4,8,10-16,18H2,(H,28,33)(H,29,32). The molecule has 2 aromatic carbocycles. The van der Waals surface area contributed by atoms with Crippen LogP contribution in [0.4, 0.5) is 5.69 Å². The number of rotatable bonds is 7. The molecule has 1 aliphatic carbocycles. The third-order valence-electron chi connectivity index (χ3n) is 6.57. The first kappa shape index (κ1) is 22.5. The van der Waals surface area contributed by atoms with Crippen LogP contribution >= 0.6 is 0 Å². The molecular weight excluding hydrogens is 428 g/mol. The van der Waals surface area contributed by atoms with Crippen LogP contribution in [0, 0.1) is 0 Å². The number of nitrogens with one attached hydrogen (secondary N) is 2. The fourth-order valence-electron chi connectivity index (χ4n) is 4.81. The maximum Gasteiger partial charge on any atom is 0.252 e. The van der Waals surface area contributed by atoms with Crippen molar-refractivity contribution in [2.75, 3.05) is 38.2 Å². The maximum atomic E-state index is 13.3. The van der Waals surface area contributed by atoms with Crippen LogP contribution in [-0.4, -0.2) is 54.5 Å². The Bertz CT molecular complexity index is 1200. The molecule has 0 bridgehead atoms. The van der Waals surface area contributed by atoms with Gasteiger partial charge >= 0.3 is 0 Å². The molecule has 34 heavy (non-hydrogen) atoms. The van der Waals surface area contributed by atoms with Crippen LogP contribution in [0.3, 0.4) is 0 Å². The van der Waals surface area contributed by atoms with Crippen molar-refractivity contribution in [1.82, 2.24) is 15.2 Å². The molecule has 2 aliphatic rings. The highest BCUT2D eigenvalue weighted by atomic mass is 16.5. The highest BCUT2D eigenvalue weighted by Crippen LogP contribution is 2.30. The molecule has 2 heterocycles. The molecule has 7 nitrogen and oxygen atoms in total. The zero-order chi connectivity index (χ0) is 23.3. The largest absolute Gasteiger partial charge is 0.379 e. The first-order valence-corrected chi connectivity index (χ1v) is 12.0. The van der Waals surface area contributed by atoms with Crippen molar-refractivity contribution < 1.29 is 14.3 Å². The van der Waals surface area contributed by atoms with Crippen LogP contribution < -0.4 is 10.6 Å². The second-order valence-electron chi connectivity index (χ2n) is 8.92. The van der Waals surface area contributed by atoms with Crippen LogP contribution in [0.5, 0.6) is 0 Å². The summed E-state index contributed by atoms with van der Waals surface area (Å²) in [5.74, 6) is -0.0804. The summed E-state index contributed by atoms with van der Waals surface area (Å²) in [4.78, 5) is 32.7. The quantitative estimate of drug-likeness (QED) is 0.568. The highest BCUT2D eigenvalue weighted by Gasteiger charge is 2.23. The number of aryl methyl sites for hydroxylation is 1. The Hall–Kier alpha value is -3.29. The van der Waals surface area contributed by atoms with E-state index in [0.717, 1.165) is 91.1 Å². The minimum Gasteiger partial charge on any atom is -0.379 e. The van der Waals surface area contributed by atoms with Crippen molar-refractivity contribution in [1.29, 1.82) is 0 Å². The number of para-hydroxylation sites is 1. The van der Waals surface area contributed by atoms with Gasteiger partial charge in [0.2, 0.25) is 5.91 Å². The number of benzene rings is 2. The number of hydrogen-bond donors (Lipinski definition) is 2. The second kappa shape index (κ2) is 10.3. The molecule has 3 aromatic rings. The van der Waals surface area contributed by atoms with E-state index in [1.165, 1.54) is 0 Å². The molecule has 0 unspecified atom stereocenters. The Morgan fingerprint density at radius 2 is 1.88 bits per heavy atom. The third kappa shape index (κ3) is 5.11. The third-order valence-corrected chi connectivity index (χ3v) is 6.57. The average molecular weight is 459 g/mol. The fraction of sp³-hybridized carbons (Fsp3) is 0.370. The van der Waals surface area contributed by atoms with Gasteiger partial charge in [0, 0.05) is 49.4 Å². The number of anilines is 1. The maximum absolute atomic E-state index is 13.3. The predicted molar refractivity (Wildman–Crippen MR) is 132 cm³/mol. The monoisotopic (exact) mass is 458 g/mol. The molecule has 5 rings (SSSR count). The average Bonchev–Trinajstić information content (AvgIpc) is 3.33. The summed E-state index contributed by atoms with van der Waals surface area (Å²) >= 11 is 0. The van der Waals surface area contributed by atoms with Crippen LogP contribution in [0.1, 0.15) is 40.0 Å². The van der Waals surface area contributed by atoms with Gasteiger partial charge in [-0.15, -0.1) is 0 Å². The molecule has 0 radical (unpaired) electrons. The molecule has 2 amide bonds. The van der Waals surface area contributed by atoms with E-state index >= 15 is 0 Å². The molecule has 176 valence electrons. The normalized spacial score (nSPS) is 15.8. The van der Waals surface area contributed by atoms with Crippen LogP contribution in [0.25, 0.3) is 10.9 Å². The number of ether oxygens (including phenoxy) is 1. The Balaban J connectivity index is 1.22. The zero-order valence-corrected chi connectivity index (χ0v) is 19.3. The minimum absolute atomic E-state index is 0.00787. The lowest BCUT2D eigenvalue weighted by atomic mass is 10.0. The molecule has 2 N–H and O–H groups in total. The number of aromatic nitrogens is 1. The first-order valence-electron chi connectivity index (χ1n) is 12.0. The summed E-state index contributed by atoms with van der Waals surface area (Å²) in [5, 5.41) is 6.97. The lowest BCUT2D eigenvalue weighted by Gasteiger charge is -2.26. The highest BCUT2D eigenvalue weighted by molar-refractivity contribution is 6.07. The summed E-state index contributed by atoms with van der Waals surface area (Å²) in [6, 6.07) is 15.5. The van der Waals surface area contributed by atoms with Gasteiger partial charge in [0.15, 0.2) is 0 Å². The van der Waals surface area contributed by atoms with E-state index in [4.69, 9.17) is 9.72 Å². The van der Waals surface area contributed by atoms with E-state index in [9.17, 15) is 9.59 Å². The van der Waals surface area contributed by atoms with Gasteiger partial charge in [-0.3, -0.25) is 19.5 Å².